The van der Waals surface area contributed by atoms with Gasteiger partial charge < -0.3 is 5.11 Å². The van der Waals surface area contributed by atoms with Gasteiger partial charge in [0.1, 0.15) is 0 Å². The molecule has 66 valence electrons. The van der Waals surface area contributed by atoms with Gasteiger partial charge in [-0.15, -0.1) is 0 Å². The summed E-state index contributed by atoms with van der Waals surface area (Å²) < 4.78 is 0. The van der Waals surface area contributed by atoms with Gasteiger partial charge >= 0.3 is 0 Å². The Bertz CT molecular complexity index is 113. The summed E-state index contributed by atoms with van der Waals surface area (Å²) in [7, 11) is 0.807. The zero-order chi connectivity index (χ0) is 8.16. The lowest BCUT2D eigenvalue weighted by molar-refractivity contribution is 0.135. The third-order valence-corrected chi connectivity index (χ3v) is 3.17. The minimum Gasteiger partial charge on any atom is -0.396 e. The quantitative estimate of drug-likeness (QED) is 0.632. The highest BCUT2D eigenvalue weighted by molar-refractivity contribution is 7.34. The Hall–Kier alpha value is 0.350. The fourth-order valence-corrected chi connectivity index (χ4v) is 2.34. The van der Waals surface area contributed by atoms with E-state index in [4.69, 9.17) is 0 Å². The second-order valence-corrected chi connectivity index (χ2v) is 4.32. The van der Waals surface area contributed by atoms with Crippen molar-refractivity contribution in [3.05, 3.63) is 0 Å². The first-order valence-electron chi connectivity index (χ1n) is 4.33. The van der Waals surface area contributed by atoms with E-state index in [9.17, 15) is 5.11 Å². The van der Waals surface area contributed by atoms with Crippen LogP contribution in [0.3, 0.4) is 0 Å². The van der Waals surface area contributed by atoms with Crippen LogP contribution in [-0.4, -0.2) is 24.9 Å². The molecule has 3 heteroatoms. The average Bonchev–Trinajstić information content (AvgIpc) is 2.50. The summed E-state index contributed by atoms with van der Waals surface area (Å²) in [5.74, 6) is 0. The van der Waals surface area contributed by atoms with Gasteiger partial charge in [0.15, 0.2) is 0 Å². The van der Waals surface area contributed by atoms with Crippen molar-refractivity contribution >= 4 is 8.73 Å². The lowest BCUT2D eigenvalue weighted by Crippen LogP contribution is -2.31. The molecule has 0 spiro atoms. The molecular weight excluding hydrogens is 157 g/mol. The zero-order valence-electron chi connectivity index (χ0n) is 7.19. The van der Waals surface area contributed by atoms with Gasteiger partial charge in [-0.3, -0.25) is 5.09 Å². The standard InChI is InChI=1S/C8H18NOP/c1-11-9-6-8(7-10)4-2-3-5-8/h9-11H,2-7H2,1H3. The Balaban J connectivity index is 2.33. The molecule has 1 aliphatic carbocycles. The molecule has 2 N–H and O–H groups in total. The van der Waals surface area contributed by atoms with Gasteiger partial charge in [0, 0.05) is 18.6 Å². The summed E-state index contributed by atoms with van der Waals surface area (Å²) in [5, 5.41) is 12.6. The number of aliphatic hydroxyl groups excluding tert-OH is 1. The van der Waals surface area contributed by atoms with Gasteiger partial charge in [-0.1, -0.05) is 21.6 Å². The smallest absolute Gasteiger partial charge is 0.0499 e. The maximum atomic E-state index is 9.21. The first-order chi connectivity index (χ1) is 5.33. The van der Waals surface area contributed by atoms with E-state index in [0.717, 1.165) is 15.3 Å². The average molecular weight is 175 g/mol. The van der Waals surface area contributed by atoms with Crippen molar-refractivity contribution in [3.8, 4) is 0 Å². The van der Waals surface area contributed by atoms with Gasteiger partial charge in [-0.2, -0.15) is 0 Å². The number of hydrogen-bond acceptors (Lipinski definition) is 2. The van der Waals surface area contributed by atoms with E-state index in [2.05, 4.69) is 11.8 Å². The molecule has 0 amide bonds. The molecule has 1 saturated carbocycles. The third kappa shape index (κ3) is 2.40. The third-order valence-electron chi connectivity index (χ3n) is 2.64. The maximum absolute atomic E-state index is 9.21. The van der Waals surface area contributed by atoms with Crippen LogP contribution in [0.4, 0.5) is 0 Å². The Morgan fingerprint density at radius 2 is 2.09 bits per heavy atom. The Labute approximate surface area is 70.6 Å². The second kappa shape index (κ2) is 4.39. The Kier molecular flexibility index (Phi) is 3.77. The first kappa shape index (κ1) is 9.44. The fraction of sp³-hybridized carbons (Fsp3) is 1.00. The topological polar surface area (TPSA) is 32.3 Å². The second-order valence-electron chi connectivity index (χ2n) is 3.47. The highest BCUT2D eigenvalue weighted by Crippen LogP contribution is 2.37. The number of aliphatic hydroxyl groups is 1. The van der Waals surface area contributed by atoms with Gasteiger partial charge in [0.25, 0.3) is 0 Å². The van der Waals surface area contributed by atoms with E-state index in [1.54, 1.807) is 0 Å². The molecule has 0 radical (unpaired) electrons. The SMILES string of the molecule is CPNCC1(CO)CCCC1. The minimum absolute atomic E-state index is 0.239. The molecule has 1 atom stereocenters. The van der Waals surface area contributed by atoms with Crippen LogP contribution < -0.4 is 5.09 Å². The molecule has 0 aromatic rings. The first-order valence-corrected chi connectivity index (χ1v) is 5.83. The summed E-state index contributed by atoms with van der Waals surface area (Å²) in [6.07, 6.45) is 5.02. The summed E-state index contributed by atoms with van der Waals surface area (Å²) in [5.41, 5.74) is 0.239. The van der Waals surface area contributed by atoms with Gasteiger partial charge in [0.05, 0.1) is 0 Å². The largest absolute Gasteiger partial charge is 0.396 e. The van der Waals surface area contributed by atoms with E-state index in [1.165, 1.54) is 25.7 Å². The molecule has 1 fully saturated rings. The molecular formula is C8H18NOP. The van der Waals surface area contributed by atoms with Crippen LogP contribution in [0.5, 0.6) is 0 Å². The molecule has 0 aliphatic heterocycles. The normalized spacial score (nSPS) is 23.5. The van der Waals surface area contributed by atoms with Crippen LogP contribution in [0, 0.1) is 5.41 Å². The molecule has 0 heterocycles. The van der Waals surface area contributed by atoms with Crippen molar-refractivity contribution in [1.82, 2.24) is 5.09 Å². The number of rotatable bonds is 4. The summed E-state index contributed by atoms with van der Waals surface area (Å²) in [6.45, 7) is 3.52. The van der Waals surface area contributed by atoms with Crippen LogP contribution in [0.15, 0.2) is 0 Å². The predicted octanol–water partition coefficient (Wildman–Crippen LogP) is 1.35. The molecule has 0 saturated heterocycles. The molecule has 0 aromatic carbocycles. The van der Waals surface area contributed by atoms with Crippen LogP contribution >= 0.6 is 8.73 Å². The lowest BCUT2D eigenvalue weighted by atomic mass is 9.88. The van der Waals surface area contributed by atoms with Crippen molar-refractivity contribution in [2.75, 3.05) is 19.8 Å². The van der Waals surface area contributed by atoms with Crippen molar-refractivity contribution in [3.63, 3.8) is 0 Å². The monoisotopic (exact) mass is 175 g/mol. The van der Waals surface area contributed by atoms with Gasteiger partial charge in [0.2, 0.25) is 0 Å². The van der Waals surface area contributed by atoms with Gasteiger partial charge in [-0.05, 0) is 19.5 Å². The molecule has 0 bridgehead atoms. The molecule has 1 unspecified atom stereocenters. The lowest BCUT2D eigenvalue weighted by Gasteiger charge is -2.26. The van der Waals surface area contributed by atoms with Crippen LogP contribution in [0.2, 0.25) is 0 Å². The summed E-state index contributed by atoms with van der Waals surface area (Å²) in [6, 6.07) is 0. The Morgan fingerprint density at radius 1 is 1.45 bits per heavy atom. The van der Waals surface area contributed by atoms with Crippen molar-refractivity contribution in [2.24, 2.45) is 5.41 Å². The molecule has 2 nitrogen and oxygen atoms in total. The number of nitrogens with one attached hydrogen (secondary N) is 1. The van der Waals surface area contributed by atoms with Crippen molar-refractivity contribution in [1.29, 1.82) is 0 Å². The molecule has 0 aromatic heterocycles. The van der Waals surface area contributed by atoms with E-state index in [-0.39, 0.29) is 5.41 Å². The van der Waals surface area contributed by atoms with E-state index >= 15 is 0 Å². The summed E-state index contributed by atoms with van der Waals surface area (Å²) >= 11 is 0. The molecule has 1 aliphatic rings. The minimum atomic E-state index is 0.239. The fourth-order valence-electron chi connectivity index (χ4n) is 1.79. The van der Waals surface area contributed by atoms with Crippen molar-refractivity contribution < 1.29 is 5.11 Å². The van der Waals surface area contributed by atoms with Crippen molar-refractivity contribution in [2.45, 2.75) is 25.7 Å². The highest BCUT2D eigenvalue weighted by atomic mass is 31.1. The zero-order valence-corrected chi connectivity index (χ0v) is 8.19. The van der Waals surface area contributed by atoms with Crippen LogP contribution in [0.1, 0.15) is 25.7 Å². The Morgan fingerprint density at radius 3 is 2.55 bits per heavy atom. The van der Waals surface area contributed by atoms with E-state index in [1.807, 2.05) is 0 Å². The van der Waals surface area contributed by atoms with Crippen LogP contribution in [-0.2, 0) is 0 Å². The highest BCUT2D eigenvalue weighted by Gasteiger charge is 2.32. The molecule has 11 heavy (non-hydrogen) atoms. The van der Waals surface area contributed by atoms with E-state index in [0.29, 0.717) is 6.61 Å². The maximum Gasteiger partial charge on any atom is 0.0499 e. The predicted molar refractivity (Wildman–Crippen MR) is 50.2 cm³/mol. The van der Waals surface area contributed by atoms with Gasteiger partial charge in [-0.25, -0.2) is 0 Å². The van der Waals surface area contributed by atoms with E-state index < -0.39 is 0 Å². The van der Waals surface area contributed by atoms with Crippen LogP contribution in [0.25, 0.3) is 0 Å². The summed E-state index contributed by atoms with van der Waals surface area (Å²) in [4.78, 5) is 0. The molecule has 1 rings (SSSR count). The number of hydrogen-bond donors (Lipinski definition) is 2.